The van der Waals surface area contributed by atoms with Crippen molar-refractivity contribution in [2.45, 2.75) is 33.8 Å². The first-order valence-corrected chi connectivity index (χ1v) is 9.37. The number of carbonyl (C=O) groups is 3. The van der Waals surface area contributed by atoms with Crippen LogP contribution in [0.25, 0.3) is 0 Å². The van der Waals surface area contributed by atoms with Gasteiger partial charge in [0, 0.05) is 18.3 Å². The van der Waals surface area contributed by atoms with Crippen LogP contribution in [0.15, 0.2) is 48.5 Å². The lowest BCUT2D eigenvalue weighted by Crippen LogP contribution is -2.30. The Kier molecular flexibility index (Phi) is 7.77. The molecular weight excluding hydrogens is 372 g/mol. The van der Waals surface area contributed by atoms with E-state index in [0.717, 1.165) is 0 Å². The van der Waals surface area contributed by atoms with Crippen LogP contribution in [0.3, 0.4) is 0 Å². The molecule has 0 unspecified atom stereocenters. The summed E-state index contributed by atoms with van der Waals surface area (Å²) in [6.07, 6.45) is -0.988. The molecule has 2 aromatic rings. The molecule has 0 aliphatic heterocycles. The van der Waals surface area contributed by atoms with E-state index in [1.807, 2.05) is 13.8 Å². The van der Waals surface area contributed by atoms with Gasteiger partial charge in [-0.3, -0.25) is 9.59 Å². The zero-order chi connectivity index (χ0) is 21.4. The maximum absolute atomic E-state index is 12.4. The monoisotopic (exact) mass is 398 g/mol. The third-order valence-electron chi connectivity index (χ3n) is 3.78. The van der Waals surface area contributed by atoms with Crippen molar-refractivity contribution in [1.29, 1.82) is 0 Å². The van der Waals surface area contributed by atoms with E-state index in [1.165, 1.54) is 13.8 Å². The molecule has 0 saturated heterocycles. The third kappa shape index (κ3) is 7.29. The molecule has 154 valence electrons. The standard InChI is InChI=1S/C22H26N2O5/c1-14(2)13-28-20-7-5-6-17(12-20)22(27)29-15(3)21(26)24-19-10-8-18(9-11-19)23-16(4)25/h5-12,14-15H,13H2,1-4H3,(H,23,25)(H,24,26)/t15-/m0/s1. The quantitative estimate of drug-likeness (QED) is 0.659. The Hall–Kier alpha value is -3.35. The summed E-state index contributed by atoms with van der Waals surface area (Å²) >= 11 is 0. The van der Waals surface area contributed by atoms with Crippen LogP contribution in [0.2, 0.25) is 0 Å². The summed E-state index contributed by atoms with van der Waals surface area (Å²) in [5.74, 6) is -0.311. The van der Waals surface area contributed by atoms with Gasteiger partial charge in [-0.2, -0.15) is 0 Å². The summed E-state index contributed by atoms with van der Waals surface area (Å²) in [4.78, 5) is 35.7. The number of nitrogens with one attached hydrogen (secondary N) is 2. The molecule has 0 spiro atoms. The Morgan fingerprint density at radius 1 is 0.931 bits per heavy atom. The van der Waals surface area contributed by atoms with Gasteiger partial charge in [0.2, 0.25) is 5.91 Å². The molecule has 0 aromatic heterocycles. The number of hydrogen-bond donors (Lipinski definition) is 2. The van der Waals surface area contributed by atoms with Crippen LogP contribution in [0.1, 0.15) is 38.1 Å². The van der Waals surface area contributed by atoms with Crippen LogP contribution < -0.4 is 15.4 Å². The third-order valence-corrected chi connectivity index (χ3v) is 3.78. The van der Waals surface area contributed by atoms with Crippen LogP contribution in [-0.2, 0) is 14.3 Å². The first kappa shape index (κ1) is 21.9. The highest BCUT2D eigenvalue weighted by atomic mass is 16.5. The fourth-order valence-electron chi connectivity index (χ4n) is 2.34. The van der Waals surface area contributed by atoms with Gasteiger partial charge in [-0.15, -0.1) is 0 Å². The molecular formula is C22H26N2O5. The zero-order valence-corrected chi connectivity index (χ0v) is 17.0. The lowest BCUT2D eigenvalue weighted by Gasteiger charge is -2.14. The van der Waals surface area contributed by atoms with E-state index >= 15 is 0 Å². The summed E-state index contributed by atoms with van der Waals surface area (Å²) < 4.78 is 10.9. The number of amides is 2. The SMILES string of the molecule is CC(=O)Nc1ccc(NC(=O)[C@H](C)OC(=O)c2cccc(OCC(C)C)c2)cc1. The molecule has 2 amide bonds. The second-order valence-corrected chi connectivity index (χ2v) is 7.03. The lowest BCUT2D eigenvalue weighted by atomic mass is 10.2. The maximum atomic E-state index is 12.4. The molecule has 2 rings (SSSR count). The van der Waals surface area contributed by atoms with E-state index < -0.39 is 18.0 Å². The summed E-state index contributed by atoms with van der Waals surface area (Å²) in [6.45, 7) is 7.52. The molecule has 2 N–H and O–H groups in total. The molecule has 7 heteroatoms. The van der Waals surface area contributed by atoms with Crippen LogP contribution in [0.4, 0.5) is 11.4 Å². The van der Waals surface area contributed by atoms with Gasteiger partial charge >= 0.3 is 5.97 Å². The topological polar surface area (TPSA) is 93.7 Å². The minimum Gasteiger partial charge on any atom is -0.493 e. The molecule has 1 atom stereocenters. The molecule has 0 aliphatic rings. The van der Waals surface area contributed by atoms with Crippen LogP contribution in [0.5, 0.6) is 5.75 Å². The minimum absolute atomic E-state index is 0.180. The Balaban J connectivity index is 1.92. The van der Waals surface area contributed by atoms with E-state index in [0.29, 0.717) is 35.2 Å². The van der Waals surface area contributed by atoms with Gasteiger partial charge in [0.25, 0.3) is 5.91 Å². The number of esters is 1. The predicted octanol–water partition coefficient (Wildman–Crippen LogP) is 3.86. The summed E-state index contributed by atoms with van der Waals surface area (Å²) in [7, 11) is 0. The van der Waals surface area contributed by atoms with Crippen molar-refractivity contribution in [2.75, 3.05) is 17.2 Å². The molecule has 0 bridgehead atoms. The van der Waals surface area contributed by atoms with Crippen molar-refractivity contribution in [1.82, 2.24) is 0 Å². The number of anilines is 2. The van der Waals surface area contributed by atoms with E-state index in [-0.39, 0.29) is 5.91 Å². The molecule has 0 saturated carbocycles. The van der Waals surface area contributed by atoms with Crippen molar-refractivity contribution in [3.05, 3.63) is 54.1 Å². The fraction of sp³-hybridized carbons (Fsp3) is 0.318. The van der Waals surface area contributed by atoms with E-state index in [2.05, 4.69) is 10.6 Å². The number of rotatable bonds is 8. The molecule has 0 radical (unpaired) electrons. The van der Waals surface area contributed by atoms with Crippen LogP contribution >= 0.6 is 0 Å². The summed E-state index contributed by atoms with van der Waals surface area (Å²) in [5, 5.41) is 5.31. The maximum Gasteiger partial charge on any atom is 0.339 e. The molecule has 0 heterocycles. The number of carbonyl (C=O) groups excluding carboxylic acids is 3. The summed E-state index contributed by atoms with van der Waals surface area (Å²) in [6, 6.07) is 13.3. The van der Waals surface area contributed by atoms with Crippen molar-refractivity contribution < 1.29 is 23.9 Å². The van der Waals surface area contributed by atoms with Gasteiger partial charge in [0.05, 0.1) is 12.2 Å². The number of benzene rings is 2. The zero-order valence-electron chi connectivity index (χ0n) is 17.0. The van der Waals surface area contributed by atoms with E-state index in [1.54, 1.807) is 48.5 Å². The second-order valence-electron chi connectivity index (χ2n) is 7.03. The molecule has 29 heavy (non-hydrogen) atoms. The first-order chi connectivity index (χ1) is 13.7. The van der Waals surface area contributed by atoms with Gasteiger partial charge in [-0.05, 0) is 55.3 Å². The molecule has 0 aliphatic carbocycles. The van der Waals surface area contributed by atoms with E-state index in [9.17, 15) is 14.4 Å². The normalized spacial score (nSPS) is 11.5. The Morgan fingerprint density at radius 3 is 2.14 bits per heavy atom. The van der Waals surface area contributed by atoms with Gasteiger partial charge in [-0.1, -0.05) is 19.9 Å². The van der Waals surface area contributed by atoms with E-state index in [4.69, 9.17) is 9.47 Å². The van der Waals surface area contributed by atoms with Crippen molar-refractivity contribution in [3.63, 3.8) is 0 Å². The highest BCUT2D eigenvalue weighted by Crippen LogP contribution is 2.17. The smallest absolute Gasteiger partial charge is 0.339 e. The van der Waals surface area contributed by atoms with Gasteiger partial charge in [0.1, 0.15) is 5.75 Å². The average molecular weight is 398 g/mol. The Bertz CT molecular complexity index is 862. The van der Waals surface area contributed by atoms with Crippen molar-refractivity contribution in [2.24, 2.45) is 5.92 Å². The first-order valence-electron chi connectivity index (χ1n) is 9.37. The predicted molar refractivity (Wildman–Crippen MR) is 111 cm³/mol. The van der Waals surface area contributed by atoms with Gasteiger partial charge in [0.15, 0.2) is 6.10 Å². The van der Waals surface area contributed by atoms with Crippen molar-refractivity contribution >= 4 is 29.2 Å². The van der Waals surface area contributed by atoms with Crippen LogP contribution in [0, 0.1) is 5.92 Å². The van der Waals surface area contributed by atoms with Crippen LogP contribution in [-0.4, -0.2) is 30.5 Å². The molecule has 7 nitrogen and oxygen atoms in total. The molecule has 2 aromatic carbocycles. The lowest BCUT2D eigenvalue weighted by molar-refractivity contribution is -0.123. The number of hydrogen-bond acceptors (Lipinski definition) is 5. The largest absolute Gasteiger partial charge is 0.493 e. The minimum atomic E-state index is -0.988. The number of ether oxygens (including phenoxy) is 2. The van der Waals surface area contributed by atoms with Gasteiger partial charge < -0.3 is 20.1 Å². The Morgan fingerprint density at radius 2 is 1.55 bits per heavy atom. The highest BCUT2D eigenvalue weighted by molar-refractivity contribution is 5.97. The fourth-order valence-corrected chi connectivity index (χ4v) is 2.34. The van der Waals surface area contributed by atoms with Crippen molar-refractivity contribution in [3.8, 4) is 5.75 Å². The summed E-state index contributed by atoms with van der Waals surface area (Å²) in [5.41, 5.74) is 1.45. The Labute approximate surface area is 170 Å². The highest BCUT2D eigenvalue weighted by Gasteiger charge is 2.19. The van der Waals surface area contributed by atoms with Gasteiger partial charge in [-0.25, -0.2) is 4.79 Å². The second kappa shape index (κ2) is 10.3. The molecule has 0 fully saturated rings. The average Bonchev–Trinajstić information content (AvgIpc) is 2.67.